The first-order valence-corrected chi connectivity index (χ1v) is 10.6. The lowest BCUT2D eigenvalue weighted by Crippen LogP contribution is -2.25. The maximum Gasteiger partial charge on any atom is 0.445 e. The zero-order valence-electron chi connectivity index (χ0n) is 17.5. The van der Waals surface area contributed by atoms with Gasteiger partial charge >= 0.3 is 6.09 Å². The molecular formula is C28H22N2O2. The number of para-hydroxylation sites is 2. The van der Waals surface area contributed by atoms with E-state index in [1.165, 1.54) is 16.0 Å². The first kappa shape index (κ1) is 19.8. The molecule has 1 unspecified atom stereocenters. The van der Waals surface area contributed by atoms with E-state index in [1.54, 1.807) is 0 Å². The van der Waals surface area contributed by atoms with Crippen molar-refractivity contribution in [2.45, 2.75) is 12.3 Å². The minimum Gasteiger partial charge on any atom is -0.297 e. The van der Waals surface area contributed by atoms with E-state index < -0.39 is 6.09 Å². The number of rotatable bonds is 4. The van der Waals surface area contributed by atoms with Gasteiger partial charge < -0.3 is 0 Å². The van der Waals surface area contributed by atoms with Crippen LogP contribution in [0.1, 0.15) is 29.0 Å². The minimum atomic E-state index is -0.546. The Hall–Kier alpha value is -4.18. The van der Waals surface area contributed by atoms with Gasteiger partial charge in [0.2, 0.25) is 0 Å². The van der Waals surface area contributed by atoms with E-state index in [0.717, 1.165) is 22.6 Å². The number of carbonyl (C=O) groups is 1. The van der Waals surface area contributed by atoms with Crippen LogP contribution in [0.4, 0.5) is 16.2 Å². The number of oxime groups is 1. The molecule has 32 heavy (non-hydrogen) atoms. The van der Waals surface area contributed by atoms with E-state index in [0.29, 0.717) is 6.42 Å². The fourth-order valence-electron chi connectivity index (χ4n) is 4.20. The average Bonchev–Trinajstić information content (AvgIpc) is 3.24. The van der Waals surface area contributed by atoms with Crippen molar-refractivity contribution in [3.8, 4) is 0 Å². The van der Waals surface area contributed by atoms with Crippen LogP contribution >= 0.6 is 0 Å². The highest BCUT2D eigenvalue weighted by Gasteiger charge is 2.30. The highest BCUT2D eigenvalue weighted by atomic mass is 16.7. The summed E-state index contributed by atoms with van der Waals surface area (Å²) in [5, 5.41) is 4.34. The van der Waals surface area contributed by atoms with Gasteiger partial charge in [-0.3, -0.25) is 4.84 Å². The third kappa shape index (κ3) is 3.91. The van der Waals surface area contributed by atoms with Crippen molar-refractivity contribution < 1.29 is 9.63 Å². The molecule has 0 saturated carbocycles. The first-order valence-electron chi connectivity index (χ1n) is 10.6. The lowest BCUT2D eigenvalue weighted by molar-refractivity contribution is 0.161. The Morgan fingerprint density at radius 2 is 1.25 bits per heavy atom. The van der Waals surface area contributed by atoms with E-state index in [-0.39, 0.29) is 5.92 Å². The molecule has 0 heterocycles. The normalized spacial score (nSPS) is 15.9. The van der Waals surface area contributed by atoms with Gasteiger partial charge in [-0.2, -0.15) is 0 Å². The summed E-state index contributed by atoms with van der Waals surface area (Å²) in [6, 6.07) is 37.4. The Kier molecular flexibility index (Phi) is 5.50. The molecule has 0 bridgehead atoms. The molecule has 5 rings (SSSR count). The molecule has 4 aromatic carbocycles. The summed E-state index contributed by atoms with van der Waals surface area (Å²) in [6.07, 6.45) is 0.142. The molecule has 0 radical (unpaired) electrons. The van der Waals surface area contributed by atoms with Gasteiger partial charge in [0, 0.05) is 17.9 Å². The molecule has 1 aliphatic carbocycles. The largest absolute Gasteiger partial charge is 0.445 e. The fourth-order valence-corrected chi connectivity index (χ4v) is 4.20. The summed E-state index contributed by atoms with van der Waals surface area (Å²) in [4.78, 5) is 20.2. The van der Waals surface area contributed by atoms with Crippen LogP contribution in [0.15, 0.2) is 120 Å². The number of amides is 1. The quantitative estimate of drug-likeness (QED) is 0.267. The molecule has 0 aliphatic heterocycles. The predicted molar refractivity (Wildman–Crippen MR) is 127 cm³/mol. The summed E-state index contributed by atoms with van der Waals surface area (Å²) in [7, 11) is 0. The van der Waals surface area contributed by atoms with Crippen LogP contribution < -0.4 is 4.90 Å². The van der Waals surface area contributed by atoms with E-state index in [1.807, 2.05) is 97.1 Å². The van der Waals surface area contributed by atoms with Crippen molar-refractivity contribution >= 4 is 23.2 Å². The summed E-state index contributed by atoms with van der Waals surface area (Å²) >= 11 is 0. The second-order valence-corrected chi connectivity index (χ2v) is 7.66. The number of hydrogen-bond acceptors (Lipinski definition) is 3. The van der Waals surface area contributed by atoms with Gasteiger partial charge in [-0.05, 0) is 35.4 Å². The summed E-state index contributed by atoms with van der Waals surface area (Å²) in [6.45, 7) is 0. The molecule has 1 amide bonds. The van der Waals surface area contributed by atoms with E-state index in [4.69, 9.17) is 4.84 Å². The molecule has 1 atom stereocenters. The van der Waals surface area contributed by atoms with Gasteiger partial charge in [-0.1, -0.05) is 96.2 Å². The second kappa shape index (κ2) is 8.90. The summed E-state index contributed by atoms with van der Waals surface area (Å²) < 4.78 is 0. The lowest BCUT2D eigenvalue weighted by Gasteiger charge is -2.20. The second-order valence-electron chi connectivity index (χ2n) is 7.66. The van der Waals surface area contributed by atoms with Crippen molar-refractivity contribution in [1.82, 2.24) is 0 Å². The molecule has 4 heteroatoms. The fraction of sp³-hybridized carbons (Fsp3) is 0.0714. The van der Waals surface area contributed by atoms with Crippen LogP contribution in [-0.4, -0.2) is 11.8 Å². The molecular weight excluding hydrogens is 396 g/mol. The standard InChI is InChI=1S/C28H22N2O2/c31-28(30(22-14-6-2-7-15-22)23-16-8-3-9-17-23)32-29-27-20-26(21-12-4-1-5-13-21)24-18-10-11-19-25(24)27/h1-19,26H,20H2/b29-27-. The highest BCUT2D eigenvalue weighted by molar-refractivity contribution is 6.06. The lowest BCUT2D eigenvalue weighted by atomic mass is 9.93. The van der Waals surface area contributed by atoms with Crippen molar-refractivity contribution in [1.29, 1.82) is 0 Å². The number of benzene rings is 4. The Morgan fingerprint density at radius 1 is 0.719 bits per heavy atom. The third-order valence-corrected chi connectivity index (χ3v) is 5.69. The molecule has 0 N–H and O–H groups in total. The molecule has 4 nitrogen and oxygen atoms in total. The van der Waals surface area contributed by atoms with E-state index in [9.17, 15) is 4.79 Å². The predicted octanol–water partition coefficient (Wildman–Crippen LogP) is 6.90. The van der Waals surface area contributed by atoms with Crippen LogP contribution in [0.2, 0.25) is 0 Å². The van der Waals surface area contributed by atoms with Gasteiger partial charge in [0.15, 0.2) is 0 Å². The van der Waals surface area contributed by atoms with Gasteiger partial charge in [-0.15, -0.1) is 0 Å². The molecule has 1 aliphatic rings. The average molecular weight is 418 g/mol. The van der Waals surface area contributed by atoms with Gasteiger partial charge in [-0.25, -0.2) is 9.69 Å². The summed E-state index contributed by atoms with van der Waals surface area (Å²) in [5.74, 6) is 0.198. The van der Waals surface area contributed by atoms with Gasteiger partial charge in [0.25, 0.3) is 0 Å². The number of carbonyl (C=O) groups excluding carboxylic acids is 1. The Bertz CT molecular complexity index is 1200. The smallest absolute Gasteiger partial charge is 0.297 e. The van der Waals surface area contributed by atoms with E-state index in [2.05, 4.69) is 23.4 Å². The van der Waals surface area contributed by atoms with E-state index >= 15 is 0 Å². The third-order valence-electron chi connectivity index (χ3n) is 5.69. The van der Waals surface area contributed by atoms with Gasteiger partial charge in [0.05, 0.1) is 17.1 Å². The van der Waals surface area contributed by atoms with Crippen molar-refractivity contribution in [3.05, 3.63) is 132 Å². The van der Waals surface area contributed by atoms with Crippen LogP contribution in [0.5, 0.6) is 0 Å². The number of fused-ring (bicyclic) bond motifs is 1. The Labute approximate surface area is 187 Å². The number of hydrogen-bond donors (Lipinski definition) is 0. The monoisotopic (exact) mass is 418 g/mol. The molecule has 156 valence electrons. The van der Waals surface area contributed by atoms with Crippen LogP contribution in [0.25, 0.3) is 0 Å². The Balaban J connectivity index is 1.45. The number of anilines is 2. The summed E-state index contributed by atoms with van der Waals surface area (Å²) in [5.41, 5.74) is 5.68. The Morgan fingerprint density at radius 3 is 1.88 bits per heavy atom. The zero-order valence-corrected chi connectivity index (χ0v) is 17.5. The maximum absolute atomic E-state index is 13.2. The topological polar surface area (TPSA) is 41.9 Å². The highest BCUT2D eigenvalue weighted by Crippen LogP contribution is 2.38. The molecule has 4 aromatic rings. The van der Waals surface area contributed by atoms with Crippen LogP contribution in [0.3, 0.4) is 0 Å². The van der Waals surface area contributed by atoms with Crippen LogP contribution in [0, 0.1) is 0 Å². The zero-order chi connectivity index (χ0) is 21.8. The minimum absolute atomic E-state index is 0.198. The maximum atomic E-state index is 13.2. The molecule has 0 saturated heterocycles. The molecule has 0 spiro atoms. The molecule has 0 fully saturated rings. The number of nitrogens with zero attached hydrogens (tertiary/aromatic N) is 2. The van der Waals surface area contributed by atoms with Crippen molar-refractivity contribution in [3.63, 3.8) is 0 Å². The SMILES string of the molecule is O=C(O/N=C1/CC(c2ccccc2)c2ccccc21)N(c1ccccc1)c1ccccc1. The van der Waals surface area contributed by atoms with Crippen molar-refractivity contribution in [2.24, 2.45) is 5.16 Å². The van der Waals surface area contributed by atoms with Crippen LogP contribution in [-0.2, 0) is 4.84 Å². The first-order chi connectivity index (χ1) is 15.8. The van der Waals surface area contributed by atoms with Crippen molar-refractivity contribution in [2.75, 3.05) is 4.90 Å². The molecule has 0 aromatic heterocycles. The van der Waals surface area contributed by atoms with Gasteiger partial charge in [0.1, 0.15) is 0 Å².